The van der Waals surface area contributed by atoms with Crippen LogP contribution < -0.4 is 15.7 Å². The van der Waals surface area contributed by atoms with Crippen molar-refractivity contribution in [3.63, 3.8) is 0 Å². The summed E-state index contributed by atoms with van der Waals surface area (Å²) in [5.74, 6) is 0.234. The third-order valence-electron chi connectivity index (χ3n) is 12.0. The minimum absolute atomic E-state index is 0.165. The average Bonchev–Trinajstić information content (AvgIpc) is 3.74. The van der Waals surface area contributed by atoms with Crippen LogP contribution in [0, 0.1) is 5.92 Å². The largest absolute Gasteiger partial charge is 0.496 e. The molecule has 8 rings (SSSR count). The van der Waals surface area contributed by atoms with Gasteiger partial charge in [-0.2, -0.15) is 18.3 Å². The molecule has 0 bridgehead atoms. The van der Waals surface area contributed by atoms with Crippen LogP contribution >= 0.6 is 0 Å². The summed E-state index contributed by atoms with van der Waals surface area (Å²) in [4.78, 5) is 63.0. The second-order valence-corrected chi connectivity index (χ2v) is 15.5. The van der Waals surface area contributed by atoms with Crippen LogP contribution in [0.2, 0.25) is 0 Å². The minimum atomic E-state index is -4.66. The lowest BCUT2D eigenvalue weighted by Gasteiger charge is -2.37. The molecule has 5 aromatic rings. The molecule has 4 aromatic heterocycles. The van der Waals surface area contributed by atoms with Crippen LogP contribution in [0.25, 0.3) is 21.9 Å². The number of benzene rings is 1. The number of halogens is 3. The monoisotopic (exact) mass is 787 g/mol. The Bertz CT molecular complexity index is 2420. The Balaban J connectivity index is 0.882. The second kappa shape index (κ2) is 15.1. The van der Waals surface area contributed by atoms with Crippen LogP contribution in [0.4, 0.5) is 19.0 Å². The molecule has 300 valence electrons. The summed E-state index contributed by atoms with van der Waals surface area (Å²) in [6, 6.07) is 8.04. The zero-order chi connectivity index (χ0) is 40.2. The lowest BCUT2D eigenvalue weighted by Crippen LogP contribution is -2.45. The number of amides is 3. The van der Waals surface area contributed by atoms with E-state index in [4.69, 9.17) is 9.84 Å². The first-order valence-electron chi connectivity index (χ1n) is 19.3. The fourth-order valence-corrected chi connectivity index (χ4v) is 8.96. The number of nitrogens with one attached hydrogen (secondary N) is 1. The van der Waals surface area contributed by atoms with Crippen molar-refractivity contribution in [2.75, 3.05) is 39.1 Å². The normalized spacial score (nSPS) is 21.4. The fraction of sp³-hybridized carbons (Fsp3) is 0.475. The average molecular weight is 788 g/mol. The van der Waals surface area contributed by atoms with E-state index in [9.17, 15) is 32.3 Å². The lowest BCUT2D eigenvalue weighted by atomic mass is 9.84. The number of imide groups is 1. The molecule has 1 saturated carbocycles. The number of aryl methyl sites for hydroxylation is 1. The van der Waals surface area contributed by atoms with Crippen molar-refractivity contribution < 1.29 is 32.3 Å². The van der Waals surface area contributed by atoms with Crippen molar-refractivity contribution in [1.82, 2.24) is 38.7 Å². The van der Waals surface area contributed by atoms with E-state index in [1.165, 1.54) is 13.1 Å². The number of carbonyl (C=O) groups is 3. The summed E-state index contributed by atoms with van der Waals surface area (Å²) >= 11 is 0. The van der Waals surface area contributed by atoms with Gasteiger partial charge in [-0.3, -0.25) is 33.1 Å². The van der Waals surface area contributed by atoms with E-state index in [1.807, 2.05) is 23.0 Å². The molecule has 57 heavy (non-hydrogen) atoms. The van der Waals surface area contributed by atoms with Crippen LogP contribution in [0.1, 0.15) is 91.1 Å². The van der Waals surface area contributed by atoms with Gasteiger partial charge in [0.25, 0.3) is 11.8 Å². The van der Waals surface area contributed by atoms with Gasteiger partial charge in [-0.05, 0) is 100 Å². The van der Waals surface area contributed by atoms with Gasteiger partial charge in [-0.25, -0.2) is 14.8 Å². The van der Waals surface area contributed by atoms with Gasteiger partial charge >= 0.3 is 11.9 Å². The van der Waals surface area contributed by atoms with Gasteiger partial charge < -0.3 is 15.0 Å². The van der Waals surface area contributed by atoms with Crippen molar-refractivity contribution in [3.05, 3.63) is 76.2 Å². The quantitative estimate of drug-likeness (QED) is 0.196. The molecule has 0 spiro atoms. The predicted molar refractivity (Wildman–Crippen MR) is 204 cm³/mol. The molecule has 1 atom stereocenters. The molecule has 1 unspecified atom stereocenters. The number of ether oxygens (including phenoxy) is 1. The van der Waals surface area contributed by atoms with Crippen LogP contribution in [-0.4, -0.2) is 90.2 Å². The van der Waals surface area contributed by atoms with E-state index in [-0.39, 0.29) is 53.8 Å². The van der Waals surface area contributed by atoms with E-state index in [0.717, 1.165) is 97.4 Å². The molecule has 3 fully saturated rings. The molecule has 2 aliphatic heterocycles. The van der Waals surface area contributed by atoms with Gasteiger partial charge in [-0.1, -0.05) is 6.07 Å². The van der Waals surface area contributed by atoms with E-state index < -0.39 is 23.8 Å². The summed E-state index contributed by atoms with van der Waals surface area (Å²) < 4.78 is 50.3. The van der Waals surface area contributed by atoms with E-state index in [2.05, 4.69) is 20.2 Å². The summed E-state index contributed by atoms with van der Waals surface area (Å²) in [7, 11) is 4.85. The zero-order valence-corrected chi connectivity index (χ0v) is 32.0. The Hall–Kier alpha value is -5.58. The lowest BCUT2D eigenvalue weighted by molar-refractivity contribution is -0.149. The second-order valence-electron chi connectivity index (χ2n) is 15.5. The number of hydrogen-bond donors (Lipinski definition) is 1. The van der Waals surface area contributed by atoms with E-state index in [1.54, 1.807) is 35.6 Å². The molecule has 17 heteroatoms. The van der Waals surface area contributed by atoms with Crippen LogP contribution in [-0.2, 0) is 22.8 Å². The Morgan fingerprint density at radius 2 is 1.74 bits per heavy atom. The molecule has 6 heterocycles. The van der Waals surface area contributed by atoms with Gasteiger partial charge in [0.2, 0.25) is 5.91 Å². The van der Waals surface area contributed by atoms with Crippen LogP contribution in [0.3, 0.4) is 0 Å². The molecule has 1 N–H and O–H groups in total. The van der Waals surface area contributed by atoms with Crippen molar-refractivity contribution in [1.29, 1.82) is 0 Å². The van der Waals surface area contributed by atoms with Crippen molar-refractivity contribution in [2.24, 2.45) is 13.0 Å². The Morgan fingerprint density at radius 3 is 2.46 bits per heavy atom. The van der Waals surface area contributed by atoms with Crippen LogP contribution in [0.5, 0.6) is 5.75 Å². The first-order chi connectivity index (χ1) is 27.3. The molecule has 2 saturated heterocycles. The van der Waals surface area contributed by atoms with Crippen molar-refractivity contribution in [2.45, 2.75) is 75.5 Å². The highest BCUT2D eigenvalue weighted by atomic mass is 19.4. The molecule has 14 nitrogen and oxygen atoms in total. The number of fused-ring (bicyclic) bond motifs is 2. The number of alkyl halides is 3. The number of hydrogen-bond acceptors (Lipinski definition) is 9. The van der Waals surface area contributed by atoms with Crippen LogP contribution in [0.15, 0.2) is 53.6 Å². The van der Waals surface area contributed by atoms with Gasteiger partial charge in [0, 0.05) is 44.2 Å². The number of piperidine rings is 2. The number of rotatable bonds is 8. The number of likely N-dealkylation sites (tertiary alicyclic amines) is 2. The number of imidazole rings is 1. The summed E-state index contributed by atoms with van der Waals surface area (Å²) in [5.41, 5.74) is 1.33. The third kappa shape index (κ3) is 7.28. The van der Waals surface area contributed by atoms with Crippen molar-refractivity contribution in [3.8, 4) is 5.75 Å². The number of methoxy groups -OCH3 is 1. The molecule has 1 aliphatic carbocycles. The van der Waals surface area contributed by atoms with E-state index >= 15 is 0 Å². The summed E-state index contributed by atoms with van der Waals surface area (Å²) in [6.07, 6.45) is 5.13. The maximum Gasteiger partial charge on any atom is 0.433 e. The number of anilines is 1. The number of nitrogens with zero attached hydrogens (tertiary/aromatic N) is 8. The van der Waals surface area contributed by atoms with Gasteiger partial charge in [0.1, 0.15) is 34.5 Å². The molecular formula is C40H44F3N9O5. The third-order valence-corrected chi connectivity index (χ3v) is 12.0. The standard InChI is InChI=1S/C40H44F3N9O5/c1-48-34(53)14-12-30(38(48)55)52-29-11-13-31(57-3)35(36(29)49(2)39(52)56)24-15-17-50(18-16-24)21-23-7-9-26(10-8-23)51-22-25-19-33(44-20-28(25)47-51)46-37(54)27-5-4-6-32(45-27)40(41,42)43/h4-6,11,13,19-20,22-24,26,30H,7-10,12,14-18,21H2,1-3H3,(H,46,54). The number of carbonyl (C=O) groups excluding carboxylic acids is 3. The number of pyridine rings is 2. The topological polar surface area (TPSA) is 149 Å². The summed E-state index contributed by atoms with van der Waals surface area (Å²) in [6.45, 7) is 2.82. The first kappa shape index (κ1) is 38.3. The summed E-state index contributed by atoms with van der Waals surface area (Å²) in [5, 5.41) is 8.05. The minimum Gasteiger partial charge on any atom is -0.496 e. The highest BCUT2D eigenvalue weighted by Gasteiger charge is 2.37. The number of likely N-dealkylation sites (N-methyl/N-ethyl adjacent to an activating group) is 1. The zero-order valence-electron chi connectivity index (χ0n) is 32.0. The SMILES string of the molecule is COc1ccc2c(c1C1CCN(CC3CCC(n4cc5cc(NC(=O)c6cccc(C(F)(F)F)n6)ncc5n4)CC3)CC1)n(C)c(=O)n2C1CCC(=O)N(C)C1=O. The number of aromatic nitrogens is 6. The molecule has 3 aliphatic rings. The Labute approximate surface area is 325 Å². The highest BCUT2D eigenvalue weighted by Crippen LogP contribution is 2.41. The predicted octanol–water partition coefficient (Wildman–Crippen LogP) is 5.69. The Kier molecular flexibility index (Phi) is 10.1. The molecule has 0 radical (unpaired) electrons. The smallest absolute Gasteiger partial charge is 0.433 e. The molecule has 1 aromatic carbocycles. The van der Waals surface area contributed by atoms with Crippen molar-refractivity contribution >= 4 is 45.5 Å². The molecular weight excluding hydrogens is 743 g/mol. The maximum atomic E-state index is 13.7. The molecule has 3 amide bonds. The maximum absolute atomic E-state index is 13.7. The van der Waals surface area contributed by atoms with E-state index in [0.29, 0.717) is 17.0 Å². The van der Waals surface area contributed by atoms with Gasteiger partial charge in [-0.15, -0.1) is 0 Å². The fourth-order valence-electron chi connectivity index (χ4n) is 8.96. The van der Waals surface area contributed by atoms with Gasteiger partial charge in [0.15, 0.2) is 0 Å². The first-order valence-corrected chi connectivity index (χ1v) is 19.3. The highest BCUT2D eigenvalue weighted by molar-refractivity contribution is 6.03. The van der Waals surface area contributed by atoms with Gasteiger partial charge in [0.05, 0.1) is 30.4 Å². The Morgan fingerprint density at radius 1 is 0.982 bits per heavy atom.